The number of nitrogens with zero attached hydrogens (tertiary/aromatic N) is 1. The third-order valence-corrected chi connectivity index (χ3v) is 2.93. The normalized spacial score (nSPS) is 13.8. The van der Waals surface area contributed by atoms with Crippen molar-refractivity contribution in [2.75, 3.05) is 0 Å². The van der Waals surface area contributed by atoms with Crippen molar-refractivity contribution in [2.24, 2.45) is 0 Å². The Morgan fingerprint density at radius 2 is 2.12 bits per heavy atom. The summed E-state index contributed by atoms with van der Waals surface area (Å²) in [4.78, 5) is 16.1. The number of hydrogen-bond acceptors (Lipinski definition) is 2. The lowest BCUT2D eigenvalue weighted by Crippen LogP contribution is -1.99. The molecular weight excluding hydrogens is 210 g/mol. The number of para-hydroxylation sites is 1. The fourth-order valence-electron chi connectivity index (χ4n) is 1.91. The summed E-state index contributed by atoms with van der Waals surface area (Å²) in [6.07, 6.45) is 6.24. The van der Waals surface area contributed by atoms with Crippen molar-refractivity contribution in [3.63, 3.8) is 0 Å². The van der Waals surface area contributed by atoms with Crippen molar-refractivity contribution in [3.8, 4) is 0 Å². The number of ketones is 1. The van der Waals surface area contributed by atoms with E-state index >= 15 is 0 Å². The second kappa shape index (κ2) is 4.13. The molecule has 1 aromatic heterocycles. The maximum Gasteiger partial charge on any atom is 0.160 e. The second-order valence-electron chi connectivity index (χ2n) is 4.48. The molecule has 2 aromatic rings. The van der Waals surface area contributed by atoms with Crippen LogP contribution < -0.4 is 0 Å². The minimum Gasteiger partial charge on any atom is -0.294 e. The highest BCUT2D eigenvalue weighted by molar-refractivity contribution is 5.93. The van der Waals surface area contributed by atoms with Gasteiger partial charge < -0.3 is 0 Å². The van der Waals surface area contributed by atoms with Gasteiger partial charge in [-0.25, -0.2) is 0 Å². The first-order valence-corrected chi connectivity index (χ1v) is 5.87. The summed E-state index contributed by atoms with van der Waals surface area (Å²) in [7, 11) is 0. The average molecular weight is 223 g/mol. The van der Waals surface area contributed by atoms with Gasteiger partial charge in [-0.15, -0.1) is 0 Å². The summed E-state index contributed by atoms with van der Waals surface area (Å²) in [5.74, 6) is 0.189. The first-order chi connectivity index (χ1) is 8.31. The van der Waals surface area contributed by atoms with Crippen molar-refractivity contribution in [3.05, 3.63) is 53.7 Å². The van der Waals surface area contributed by atoms with Gasteiger partial charge in [0.15, 0.2) is 5.78 Å². The lowest BCUT2D eigenvalue weighted by Gasteiger charge is -2.00. The quantitative estimate of drug-likeness (QED) is 0.748. The molecule has 17 heavy (non-hydrogen) atoms. The fraction of sp³-hybridized carbons (Fsp3) is 0.200. The molecule has 0 atom stereocenters. The number of rotatable bonds is 3. The molecule has 1 fully saturated rings. The summed E-state index contributed by atoms with van der Waals surface area (Å²) in [6, 6.07) is 10.0. The van der Waals surface area contributed by atoms with E-state index in [2.05, 4.69) is 4.98 Å². The third-order valence-electron chi connectivity index (χ3n) is 2.93. The number of fused-ring (bicyclic) bond motifs is 1. The lowest BCUT2D eigenvalue weighted by molar-refractivity contribution is -0.114. The number of carbonyl (C=O) groups is 1. The average Bonchev–Trinajstić information content (AvgIpc) is 3.12. The van der Waals surface area contributed by atoms with E-state index in [0.717, 1.165) is 29.3 Å². The van der Waals surface area contributed by atoms with Crippen LogP contribution in [0.3, 0.4) is 0 Å². The highest BCUT2D eigenvalue weighted by atomic mass is 16.1. The Labute approximate surface area is 100.0 Å². The van der Waals surface area contributed by atoms with Gasteiger partial charge in [0.1, 0.15) is 0 Å². The first-order valence-electron chi connectivity index (χ1n) is 5.87. The van der Waals surface area contributed by atoms with Gasteiger partial charge in [0, 0.05) is 18.0 Å². The number of aromatic nitrogens is 1. The molecule has 0 aliphatic heterocycles. The summed E-state index contributed by atoms with van der Waals surface area (Å²) in [5, 5.41) is 1.09. The largest absolute Gasteiger partial charge is 0.294 e. The van der Waals surface area contributed by atoms with Crippen molar-refractivity contribution in [1.82, 2.24) is 4.98 Å². The molecule has 0 saturated heterocycles. The fourth-order valence-corrected chi connectivity index (χ4v) is 1.91. The maximum atomic E-state index is 11.7. The lowest BCUT2D eigenvalue weighted by atomic mass is 10.1. The number of carbonyl (C=O) groups excluding carboxylic acids is 1. The van der Waals surface area contributed by atoms with Crippen LogP contribution in [0, 0.1) is 0 Å². The molecule has 0 spiro atoms. The van der Waals surface area contributed by atoms with E-state index in [1.165, 1.54) is 5.57 Å². The Kier molecular flexibility index (Phi) is 2.48. The van der Waals surface area contributed by atoms with Gasteiger partial charge in [0.25, 0.3) is 0 Å². The molecule has 2 heteroatoms. The summed E-state index contributed by atoms with van der Waals surface area (Å²) in [6.45, 7) is 0. The molecule has 1 aromatic carbocycles. The molecule has 2 nitrogen and oxygen atoms in total. The molecular formula is C15H13NO. The standard InChI is InChI=1S/C15H13NO/c17-14(8-11-5-6-11)9-12-7-13-3-1-2-4-15(13)16-10-12/h1-4,7-8,10H,5-6,9H2. The molecule has 0 N–H and O–H groups in total. The summed E-state index contributed by atoms with van der Waals surface area (Å²) >= 11 is 0. The van der Waals surface area contributed by atoms with Gasteiger partial charge in [-0.3, -0.25) is 9.78 Å². The Morgan fingerprint density at radius 3 is 2.94 bits per heavy atom. The van der Waals surface area contributed by atoms with E-state index in [1.807, 2.05) is 30.3 Å². The molecule has 0 amide bonds. The van der Waals surface area contributed by atoms with Crippen molar-refractivity contribution in [2.45, 2.75) is 19.3 Å². The van der Waals surface area contributed by atoms with Crippen LogP contribution in [0.25, 0.3) is 10.9 Å². The molecule has 1 saturated carbocycles. The van der Waals surface area contributed by atoms with Crippen LogP contribution in [0.15, 0.2) is 48.2 Å². The molecule has 0 bridgehead atoms. The van der Waals surface area contributed by atoms with Gasteiger partial charge in [-0.1, -0.05) is 23.8 Å². The van der Waals surface area contributed by atoms with Crippen LogP contribution in [0.2, 0.25) is 0 Å². The molecule has 3 rings (SSSR count). The van der Waals surface area contributed by atoms with Gasteiger partial charge in [0.05, 0.1) is 5.52 Å². The Hall–Kier alpha value is -1.96. The minimum atomic E-state index is 0.189. The SMILES string of the molecule is O=C(C=C1CC1)Cc1cnc2ccccc2c1. The number of pyridine rings is 1. The Bertz CT molecular complexity index is 607. The van der Waals surface area contributed by atoms with Crippen LogP contribution in [-0.2, 0) is 11.2 Å². The van der Waals surface area contributed by atoms with Crippen LogP contribution >= 0.6 is 0 Å². The summed E-state index contributed by atoms with van der Waals surface area (Å²) in [5.41, 5.74) is 3.25. The number of hydrogen-bond donors (Lipinski definition) is 0. The second-order valence-corrected chi connectivity index (χ2v) is 4.48. The number of allylic oxidation sites excluding steroid dienone is 2. The third kappa shape index (κ3) is 2.41. The highest BCUT2D eigenvalue weighted by Crippen LogP contribution is 2.27. The maximum absolute atomic E-state index is 11.7. The van der Waals surface area contributed by atoms with Gasteiger partial charge >= 0.3 is 0 Å². The van der Waals surface area contributed by atoms with Gasteiger partial charge in [-0.05, 0) is 36.6 Å². The monoisotopic (exact) mass is 223 g/mol. The molecule has 84 valence electrons. The molecule has 1 heterocycles. The van der Waals surface area contributed by atoms with Gasteiger partial charge in [-0.2, -0.15) is 0 Å². The van der Waals surface area contributed by atoms with Crippen molar-refractivity contribution < 1.29 is 4.79 Å². The van der Waals surface area contributed by atoms with E-state index < -0.39 is 0 Å². The first kappa shape index (κ1) is 10.2. The van der Waals surface area contributed by atoms with Crippen molar-refractivity contribution >= 4 is 16.7 Å². The molecule has 1 aliphatic rings. The van der Waals surface area contributed by atoms with Crippen molar-refractivity contribution in [1.29, 1.82) is 0 Å². The predicted molar refractivity (Wildman–Crippen MR) is 67.8 cm³/mol. The highest BCUT2D eigenvalue weighted by Gasteiger charge is 2.13. The van der Waals surface area contributed by atoms with Gasteiger partial charge in [0.2, 0.25) is 0 Å². The predicted octanol–water partition coefficient (Wildman–Crippen LogP) is 3.07. The van der Waals surface area contributed by atoms with Crippen LogP contribution in [-0.4, -0.2) is 10.8 Å². The molecule has 0 radical (unpaired) electrons. The van der Waals surface area contributed by atoms with E-state index in [-0.39, 0.29) is 5.78 Å². The van der Waals surface area contributed by atoms with E-state index in [4.69, 9.17) is 0 Å². The van der Waals surface area contributed by atoms with Crippen LogP contribution in [0.4, 0.5) is 0 Å². The zero-order chi connectivity index (χ0) is 11.7. The number of benzene rings is 1. The zero-order valence-corrected chi connectivity index (χ0v) is 9.52. The zero-order valence-electron chi connectivity index (χ0n) is 9.52. The van der Waals surface area contributed by atoms with E-state index in [9.17, 15) is 4.79 Å². The topological polar surface area (TPSA) is 30.0 Å². The van der Waals surface area contributed by atoms with E-state index in [0.29, 0.717) is 6.42 Å². The molecule has 0 unspecified atom stereocenters. The molecule has 1 aliphatic carbocycles. The van der Waals surface area contributed by atoms with E-state index in [1.54, 1.807) is 12.3 Å². The minimum absolute atomic E-state index is 0.189. The van der Waals surface area contributed by atoms with Crippen LogP contribution in [0.5, 0.6) is 0 Å². The van der Waals surface area contributed by atoms with Crippen LogP contribution in [0.1, 0.15) is 18.4 Å². The Balaban J connectivity index is 1.85. The Morgan fingerprint density at radius 1 is 1.29 bits per heavy atom. The summed E-state index contributed by atoms with van der Waals surface area (Å²) < 4.78 is 0. The smallest absolute Gasteiger partial charge is 0.160 e.